The highest BCUT2D eigenvalue weighted by Crippen LogP contribution is 2.42. The van der Waals surface area contributed by atoms with Crippen LogP contribution >= 0.6 is 0 Å². The molecule has 0 aliphatic carbocycles. The van der Waals surface area contributed by atoms with Crippen LogP contribution in [0.15, 0.2) is 22.5 Å². The lowest BCUT2D eigenvalue weighted by molar-refractivity contribution is -0.145. The Hall–Kier alpha value is -3.12. The number of aliphatic imine (C=N–C) groups is 1. The first kappa shape index (κ1) is 31.1. The molecule has 212 valence electrons. The fourth-order valence-corrected chi connectivity index (χ4v) is 5.94. The Morgan fingerprint density at radius 1 is 1.24 bits per heavy atom. The fraction of sp³-hybridized carbons (Fsp3) is 0.577. The van der Waals surface area contributed by atoms with Gasteiger partial charge in [-0.25, -0.2) is 17.9 Å². The summed E-state index contributed by atoms with van der Waals surface area (Å²) in [4.78, 5) is 28.3. The summed E-state index contributed by atoms with van der Waals surface area (Å²) >= 11 is 0. The molecule has 1 aromatic rings. The molecular weight excluding hydrogens is 510 g/mol. The summed E-state index contributed by atoms with van der Waals surface area (Å²) in [7, 11) is -2.78. The van der Waals surface area contributed by atoms with Gasteiger partial charge in [0.05, 0.1) is 18.0 Å². The first-order chi connectivity index (χ1) is 17.6. The van der Waals surface area contributed by atoms with Gasteiger partial charge in [0.1, 0.15) is 17.4 Å². The predicted molar refractivity (Wildman–Crippen MR) is 146 cm³/mol. The molecule has 1 aliphatic rings. The summed E-state index contributed by atoms with van der Waals surface area (Å²) in [6.45, 7) is 13.1. The molecule has 0 unspecified atom stereocenters. The zero-order valence-electron chi connectivity index (χ0n) is 23.1. The van der Waals surface area contributed by atoms with Crippen molar-refractivity contribution in [3.05, 3.63) is 34.9 Å². The summed E-state index contributed by atoms with van der Waals surface area (Å²) < 4.78 is 39.8. The number of esters is 1. The number of hydrogen-bond acceptors (Lipinski definition) is 8. The zero-order valence-corrected chi connectivity index (χ0v) is 24.0. The molecule has 11 nitrogen and oxygen atoms in total. The third kappa shape index (κ3) is 7.47. The molecule has 0 fully saturated rings. The van der Waals surface area contributed by atoms with Crippen molar-refractivity contribution in [2.45, 2.75) is 89.3 Å². The number of nitrogens with two attached hydrogens (primary N) is 2. The van der Waals surface area contributed by atoms with Crippen molar-refractivity contribution >= 4 is 27.9 Å². The van der Waals surface area contributed by atoms with E-state index in [1.807, 2.05) is 20.8 Å². The molecule has 1 aromatic carbocycles. The smallest absolute Gasteiger partial charge is 0.328 e. The summed E-state index contributed by atoms with van der Waals surface area (Å²) in [5.41, 5.74) is 14.4. The average Bonchev–Trinajstić information content (AvgIpc) is 2.83. The number of nitrogens with one attached hydrogen (secondary N) is 2. The Kier molecular flexibility index (Phi) is 10.3. The predicted octanol–water partition coefficient (Wildman–Crippen LogP) is 1.65. The number of ether oxygens (including phenoxy) is 2. The maximum Gasteiger partial charge on any atom is 0.328 e. The largest absolute Gasteiger partial charge is 0.487 e. The number of carbonyl (C=O) groups excluding carboxylic acids is 2. The van der Waals surface area contributed by atoms with Crippen molar-refractivity contribution in [1.82, 2.24) is 10.0 Å². The molecule has 38 heavy (non-hydrogen) atoms. The van der Waals surface area contributed by atoms with E-state index in [1.54, 1.807) is 13.8 Å². The van der Waals surface area contributed by atoms with Crippen LogP contribution in [0.1, 0.15) is 61.8 Å². The standard InChI is InChI=1S/C26H41N5O6S/c1-8-10-20(24(33)36-7)30-23(32)19(27)11-9-14-29-25(28)31-38(34,35)22-16(3)15(2)21-18(17(22)4)12-13-26(5,6)37-21/h8,19-20H,1,9-14,27H2,2-7H3,(H,30,32)(H3,28,29,31)/t19-,20+/m1/s1. The molecular formula is C26H41N5O6S. The van der Waals surface area contributed by atoms with Gasteiger partial charge in [0.15, 0.2) is 0 Å². The molecule has 6 N–H and O–H groups in total. The van der Waals surface area contributed by atoms with E-state index in [0.717, 1.165) is 23.3 Å². The van der Waals surface area contributed by atoms with E-state index in [-0.39, 0.29) is 35.8 Å². The van der Waals surface area contributed by atoms with Crippen LogP contribution < -0.4 is 26.2 Å². The van der Waals surface area contributed by atoms with Crippen molar-refractivity contribution < 1.29 is 27.5 Å². The quantitative estimate of drug-likeness (QED) is 0.106. The van der Waals surface area contributed by atoms with Gasteiger partial charge >= 0.3 is 5.97 Å². The maximum atomic E-state index is 13.3. The monoisotopic (exact) mass is 551 g/mol. The lowest BCUT2D eigenvalue weighted by Gasteiger charge is -2.35. The van der Waals surface area contributed by atoms with Gasteiger partial charge in [0.2, 0.25) is 11.9 Å². The number of nitrogens with zero attached hydrogens (tertiary/aromatic N) is 1. The van der Waals surface area contributed by atoms with E-state index < -0.39 is 34.0 Å². The van der Waals surface area contributed by atoms with E-state index in [0.29, 0.717) is 24.0 Å². The maximum absolute atomic E-state index is 13.3. The molecule has 0 aromatic heterocycles. The summed E-state index contributed by atoms with van der Waals surface area (Å²) in [6, 6.07) is -1.76. The first-order valence-corrected chi connectivity index (χ1v) is 14.0. The Labute approximate surface area is 225 Å². The Balaban J connectivity index is 2.04. The molecule has 1 heterocycles. The van der Waals surface area contributed by atoms with Gasteiger partial charge in [-0.2, -0.15) is 0 Å². The molecule has 2 rings (SSSR count). The zero-order chi connectivity index (χ0) is 28.8. The molecule has 1 amide bonds. The molecule has 0 spiro atoms. The SMILES string of the molecule is C=CC[C@H](NC(=O)[C@H](N)CCCN=C(N)NS(=O)(=O)c1c(C)c(C)c2c(c1C)CCC(C)(C)O2)C(=O)OC. The Bertz CT molecular complexity index is 1210. The minimum Gasteiger partial charge on any atom is -0.487 e. The number of sulfonamides is 1. The average molecular weight is 552 g/mol. The number of amides is 1. The highest BCUT2D eigenvalue weighted by molar-refractivity contribution is 7.90. The first-order valence-electron chi connectivity index (χ1n) is 12.5. The molecule has 12 heteroatoms. The number of methoxy groups -OCH3 is 1. The van der Waals surface area contributed by atoms with Crippen LogP contribution in [0.2, 0.25) is 0 Å². The minimum absolute atomic E-state index is 0.145. The summed E-state index contributed by atoms with van der Waals surface area (Å²) in [6.07, 6.45) is 3.80. The van der Waals surface area contributed by atoms with Crippen molar-refractivity contribution in [3.8, 4) is 5.75 Å². The van der Waals surface area contributed by atoms with Crippen LogP contribution in [0.5, 0.6) is 5.75 Å². The van der Waals surface area contributed by atoms with E-state index >= 15 is 0 Å². The highest BCUT2D eigenvalue weighted by atomic mass is 32.2. The number of benzene rings is 1. The normalized spacial score (nSPS) is 16.4. The van der Waals surface area contributed by atoms with Crippen LogP contribution in [0.3, 0.4) is 0 Å². The highest BCUT2D eigenvalue weighted by Gasteiger charge is 2.33. The number of hydrogen-bond donors (Lipinski definition) is 4. The van der Waals surface area contributed by atoms with Gasteiger partial charge in [-0.15, -0.1) is 6.58 Å². The second kappa shape index (κ2) is 12.6. The van der Waals surface area contributed by atoms with Gasteiger partial charge in [-0.05, 0) is 89.0 Å². The van der Waals surface area contributed by atoms with Gasteiger partial charge in [0, 0.05) is 6.54 Å². The molecule has 0 bridgehead atoms. The number of carbonyl (C=O) groups is 2. The van der Waals surface area contributed by atoms with Crippen molar-refractivity contribution in [3.63, 3.8) is 0 Å². The van der Waals surface area contributed by atoms with Crippen LogP contribution in [0, 0.1) is 20.8 Å². The van der Waals surface area contributed by atoms with E-state index in [2.05, 4.69) is 26.3 Å². The Morgan fingerprint density at radius 3 is 2.50 bits per heavy atom. The summed E-state index contributed by atoms with van der Waals surface area (Å²) in [5.74, 6) is -0.613. The molecule has 1 aliphatic heterocycles. The van der Waals surface area contributed by atoms with Gasteiger partial charge in [0.25, 0.3) is 10.0 Å². The lowest BCUT2D eigenvalue weighted by Crippen LogP contribution is -2.48. The topological polar surface area (TPSA) is 175 Å². The minimum atomic E-state index is -4.00. The number of rotatable bonds is 11. The van der Waals surface area contributed by atoms with Crippen molar-refractivity contribution in [2.75, 3.05) is 13.7 Å². The van der Waals surface area contributed by atoms with E-state index in [4.69, 9.17) is 16.2 Å². The summed E-state index contributed by atoms with van der Waals surface area (Å²) in [5, 5.41) is 2.54. The van der Waals surface area contributed by atoms with Crippen LogP contribution in [-0.4, -0.2) is 57.6 Å². The number of guanidine groups is 1. The van der Waals surface area contributed by atoms with Crippen molar-refractivity contribution in [2.24, 2.45) is 16.5 Å². The lowest BCUT2D eigenvalue weighted by atomic mass is 9.88. The van der Waals surface area contributed by atoms with E-state index in [1.165, 1.54) is 13.2 Å². The van der Waals surface area contributed by atoms with Gasteiger partial charge in [-0.3, -0.25) is 9.79 Å². The fourth-order valence-electron chi connectivity index (χ4n) is 4.42. The third-order valence-electron chi connectivity index (χ3n) is 6.67. The van der Waals surface area contributed by atoms with Crippen LogP contribution in [-0.2, 0) is 30.8 Å². The second-order valence-corrected chi connectivity index (χ2v) is 11.7. The third-order valence-corrected chi connectivity index (χ3v) is 8.30. The molecule has 0 saturated heterocycles. The second-order valence-electron chi connectivity index (χ2n) is 10.1. The van der Waals surface area contributed by atoms with Gasteiger partial charge < -0.3 is 26.3 Å². The van der Waals surface area contributed by atoms with Crippen LogP contribution in [0.4, 0.5) is 0 Å². The van der Waals surface area contributed by atoms with Gasteiger partial charge in [-0.1, -0.05) is 6.08 Å². The molecule has 0 radical (unpaired) electrons. The van der Waals surface area contributed by atoms with Crippen LogP contribution in [0.25, 0.3) is 0 Å². The number of fused-ring (bicyclic) bond motifs is 1. The van der Waals surface area contributed by atoms with E-state index in [9.17, 15) is 18.0 Å². The Morgan fingerprint density at radius 2 is 1.89 bits per heavy atom. The van der Waals surface area contributed by atoms with Crippen molar-refractivity contribution in [1.29, 1.82) is 0 Å². The molecule has 2 atom stereocenters. The molecule has 0 saturated carbocycles.